The van der Waals surface area contributed by atoms with Crippen molar-refractivity contribution in [3.63, 3.8) is 0 Å². The lowest BCUT2D eigenvalue weighted by atomic mass is 10.1. The van der Waals surface area contributed by atoms with Crippen molar-refractivity contribution in [2.24, 2.45) is 4.99 Å². The van der Waals surface area contributed by atoms with Crippen LogP contribution in [0.2, 0.25) is 0 Å². The van der Waals surface area contributed by atoms with Gasteiger partial charge in [-0.15, -0.1) is 0 Å². The quantitative estimate of drug-likeness (QED) is 0.616. The highest BCUT2D eigenvalue weighted by molar-refractivity contribution is 5.79. The summed E-state index contributed by atoms with van der Waals surface area (Å²) in [6.07, 6.45) is 2.89. The second kappa shape index (κ2) is 8.56. The largest absolute Gasteiger partial charge is 0.488 e. The van der Waals surface area contributed by atoms with Crippen molar-refractivity contribution in [3.8, 4) is 5.75 Å². The Morgan fingerprint density at radius 1 is 1.27 bits per heavy atom. The molecule has 6 heteroatoms. The normalized spacial score (nSPS) is 16.0. The number of anilines is 1. The number of aliphatic imine (C=N–C) groups is 1. The summed E-state index contributed by atoms with van der Waals surface area (Å²) in [7, 11) is 3.97. The van der Waals surface area contributed by atoms with Crippen LogP contribution in [0, 0.1) is 0 Å². The maximum absolute atomic E-state index is 5.98. The summed E-state index contributed by atoms with van der Waals surface area (Å²) >= 11 is 0. The molecule has 1 aliphatic heterocycles. The van der Waals surface area contributed by atoms with Crippen LogP contribution >= 0.6 is 0 Å². The fourth-order valence-electron chi connectivity index (χ4n) is 2.89. The van der Waals surface area contributed by atoms with Crippen molar-refractivity contribution in [1.82, 2.24) is 15.6 Å². The average molecular weight is 353 g/mol. The maximum atomic E-state index is 5.98. The molecule has 0 saturated carbocycles. The van der Waals surface area contributed by atoms with E-state index in [1.807, 2.05) is 43.4 Å². The van der Waals surface area contributed by atoms with E-state index in [0.717, 1.165) is 42.6 Å². The fraction of sp³-hybridized carbons (Fsp3) is 0.400. The number of nitrogens with zero attached hydrogens (tertiary/aromatic N) is 3. The van der Waals surface area contributed by atoms with Crippen molar-refractivity contribution in [1.29, 1.82) is 0 Å². The van der Waals surface area contributed by atoms with Gasteiger partial charge < -0.3 is 20.3 Å². The molecule has 0 fully saturated rings. The Balaban J connectivity index is 1.57. The average Bonchev–Trinajstić information content (AvgIpc) is 3.07. The van der Waals surface area contributed by atoms with Crippen LogP contribution in [0.25, 0.3) is 0 Å². The number of pyridine rings is 1. The van der Waals surface area contributed by atoms with E-state index in [0.29, 0.717) is 6.54 Å². The second-order valence-corrected chi connectivity index (χ2v) is 6.54. The summed E-state index contributed by atoms with van der Waals surface area (Å²) in [5.74, 6) is 2.73. The Hall–Kier alpha value is -2.76. The summed E-state index contributed by atoms with van der Waals surface area (Å²) in [6, 6.07) is 12.3. The molecule has 1 aromatic heterocycles. The summed E-state index contributed by atoms with van der Waals surface area (Å²) in [5, 5.41) is 6.69. The van der Waals surface area contributed by atoms with Crippen molar-refractivity contribution >= 4 is 11.8 Å². The highest BCUT2D eigenvalue weighted by atomic mass is 16.5. The van der Waals surface area contributed by atoms with Gasteiger partial charge in [-0.05, 0) is 36.2 Å². The molecule has 3 rings (SSSR count). The zero-order chi connectivity index (χ0) is 18.4. The second-order valence-electron chi connectivity index (χ2n) is 6.54. The van der Waals surface area contributed by atoms with Crippen LogP contribution in [-0.4, -0.2) is 44.2 Å². The first-order chi connectivity index (χ1) is 12.7. The topological polar surface area (TPSA) is 61.8 Å². The lowest BCUT2D eigenvalue weighted by molar-refractivity contribution is 0.235. The predicted molar refractivity (Wildman–Crippen MR) is 106 cm³/mol. The number of fused-ring (bicyclic) bond motifs is 1. The van der Waals surface area contributed by atoms with E-state index >= 15 is 0 Å². The number of hydrogen-bond acceptors (Lipinski definition) is 4. The van der Waals surface area contributed by atoms with Crippen molar-refractivity contribution in [2.45, 2.75) is 26.0 Å². The van der Waals surface area contributed by atoms with Gasteiger partial charge in [-0.2, -0.15) is 0 Å². The third-order valence-corrected chi connectivity index (χ3v) is 4.24. The molecule has 138 valence electrons. The number of nitrogens with one attached hydrogen (secondary N) is 2. The number of aromatic nitrogens is 1. The van der Waals surface area contributed by atoms with Gasteiger partial charge in [0, 0.05) is 33.3 Å². The van der Waals surface area contributed by atoms with Gasteiger partial charge in [0.2, 0.25) is 0 Å². The first kappa shape index (κ1) is 18.0. The van der Waals surface area contributed by atoms with Crippen LogP contribution in [0.4, 0.5) is 5.82 Å². The summed E-state index contributed by atoms with van der Waals surface area (Å²) < 4.78 is 5.98. The van der Waals surface area contributed by atoms with Crippen LogP contribution in [0.5, 0.6) is 5.75 Å². The number of hydrogen-bond donors (Lipinski definition) is 2. The molecule has 26 heavy (non-hydrogen) atoms. The van der Waals surface area contributed by atoms with Crippen LogP contribution in [-0.2, 0) is 13.0 Å². The van der Waals surface area contributed by atoms with Gasteiger partial charge in [0.05, 0.1) is 13.1 Å². The first-order valence-electron chi connectivity index (χ1n) is 9.04. The van der Waals surface area contributed by atoms with E-state index in [1.165, 1.54) is 5.56 Å². The molecule has 2 N–H and O–H groups in total. The van der Waals surface area contributed by atoms with Gasteiger partial charge in [0.25, 0.3) is 0 Å². The van der Waals surface area contributed by atoms with E-state index in [4.69, 9.17) is 4.74 Å². The minimum Gasteiger partial charge on any atom is -0.488 e. The monoisotopic (exact) mass is 353 g/mol. The molecule has 2 heterocycles. The predicted octanol–water partition coefficient (Wildman–Crippen LogP) is 2.21. The van der Waals surface area contributed by atoms with Crippen LogP contribution in [0.15, 0.2) is 47.6 Å². The molecule has 1 aliphatic rings. The summed E-state index contributed by atoms with van der Waals surface area (Å²) in [5.41, 5.74) is 2.40. The van der Waals surface area contributed by atoms with E-state index < -0.39 is 0 Å². The SMILES string of the molecule is CCNC(=NCc1ccnc(N(C)C)c1)NCC1Cc2ccccc2O1. The van der Waals surface area contributed by atoms with Crippen molar-refractivity contribution in [2.75, 3.05) is 32.1 Å². The summed E-state index contributed by atoms with van der Waals surface area (Å²) in [4.78, 5) is 11.0. The molecule has 0 bridgehead atoms. The highest BCUT2D eigenvalue weighted by Gasteiger charge is 2.22. The van der Waals surface area contributed by atoms with E-state index in [1.54, 1.807) is 0 Å². The third kappa shape index (κ3) is 4.65. The van der Waals surface area contributed by atoms with Crippen molar-refractivity contribution < 1.29 is 4.74 Å². The summed E-state index contributed by atoms with van der Waals surface area (Å²) in [6.45, 7) is 4.21. The van der Waals surface area contributed by atoms with Gasteiger partial charge in [-0.3, -0.25) is 0 Å². The molecule has 0 spiro atoms. The molecule has 1 atom stereocenters. The zero-order valence-corrected chi connectivity index (χ0v) is 15.7. The molecule has 0 aliphatic carbocycles. The van der Waals surface area contributed by atoms with Gasteiger partial charge in [0.1, 0.15) is 17.7 Å². The molecule has 2 aromatic rings. The Morgan fingerprint density at radius 3 is 2.88 bits per heavy atom. The van der Waals surface area contributed by atoms with Gasteiger partial charge in [-0.1, -0.05) is 18.2 Å². The van der Waals surface area contributed by atoms with E-state index in [9.17, 15) is 0 Å². The molecule has 0 amide bonds. The Bertz CT molecular complexity index is 734. The number of ether oxygens (including phenoxy) is 1. The molecular formula is C20H27N5O. The highest BCUT2D eigenvalue weighted by Crippen LogP contribution is 2.27. The van der Waals surface area contributed by atoms with Crippen LogP contribution in [0.1, 0.15) is 18.1 Å². The fourth-order valence-corrected chi connectivity index (χ4v) is 2.89. The molecule has 1 unspecified atom stereocenters. The smallest absolute Gasteiger partial charge is 0.191 e. The first-order valence-corrected chi connectivity index (χ1v) is 9.04. The van der Waals surface area contributed by atoms with Gasteiger partial charge >= 0.3 is 0 Å². The van der Waals surface area contributed by atoms with Gasteiger partial charge in [0.15, 0.2) is 5.96 Å². The maximum Gasteiger partial charge on any atom is 0.191 e. The number of guanidine groups is 1. The Morgan fingerprint density at radius 2 is 2.12 bits per heavy atom. The van der Waals surface area contributed by atoms with Gasteiger partial charge in [-0.25, -0.2) is 9.98 Å². The van der Waals surface area contributed by atoms with Crippen LogP contribution in [0.3, 0.4) is 0 Å². The van der Waals surface area contributed by atoms with Crippen molar-refractivity contribution in [3.05, 3.63) is 53.7 Å². The van der Waals surface area contributed by atoms with Crippen LogP contribution < -0.4 is 20.3 Å². The lowest BCUT2D eigenvalue weighted by Gasteiger charge is -2.16. The van der Waals surface area contributed by atoms with E-state index in [2.05, 4.69) is 45.7 Å². The zero-order valence-electron chi connectivity index (χ0n) is 15.7. The Labute approximate surface area is 155 Å². The number of para-hydroxylation sites is 1. The Kier molecular flexibility index (Phi) is 5.94. The lowest BCUT2D eigenvalue weighted by Crippen LogP contribution is -2.42. The molecular weight excluding hydrogens is 326 g/mol. The molecule has 0 radical (unpaired) electrons. The molecule has 0 saturated heterocycles. The number of benzene rings is 1. The standard InChI is InChI=1S/C20H27N5O/c1-4-21-20(23-13-15-9-10-22-19(11-15)25(2)3)24-14-17-12-16-7-5-6-8-18(16)26-17/h5-11,17H,4,12-14H2,1-3H3,(H2,21,23,24). The molecule has 6 nitrogen and oxygen atoms in total. The number of rotatable bonds is 6. The third-order valence-electron chi connectivity index (χ3n) is 4.24. The minimum atomic E-state index is 0.137. The van der Waals surface area contributed by atoms with E-state index in [-0.39, 0.29) is 6.10 Å². The molecule has 1 aromatic carbocycles. The minimum absolute atomic E-state index is 0.137.